The molecular weight excluding hydrogens is 252 g/mol. The molecule has 0 radical (unpaired) electrons. The highest BCUT2D eigenvalue weighted by molar-refractivity contribution is 5.93. The van der Waals surface area contributed by atoms with Crippen molar-refractivity contribution in [3.63, 3.8) is 0 Å². The number of piperazine rings is 1. The second-order valence-corrected chi connectivity index (χ2v) is 5.05. The summed E-state index contributed by atoms with van der Waals surface area (Å²) in [4.78, 5) is 16.5. The number of para-hydroxylation sites is 1. The van der Waals surface area contributed by atoms with Crippen molar-refractivity contribution >= 4 is 11.6 Å². The fourth-order valence-electron chi connectivity index (χ4n) is 2.54. The van der Waals surface area contributed by atoms with Gasteiger partial charge in [-0.1, -0.05) is 18.2 Å². The Morgan fingerprint density at radius 3 is 2.35 bits per heavy atom. The van der Waals surface area contributed by atoms with Gasteiger partial charge in [-0.3, -0.25) is 4.79 Å². The van der Waals surface area contributed by atoms with Crippen molar-refractivity contribution in [3.05, 3.63) is 54.0 Å². The predicted molar refractivity (Wildman–Crippen MR) is 78.0 cm³/mol. The molecule has 0 unspecified atom stereocenters. The van der Waals surface area contributed by atoms with Gasteiger partial charge in [-0.15, -0.1) is 0 Å². The lowest BCUT2D eigenvalue weighted by molar-refractivity contribution is 0.0713. The standard InChI is InChI=1S/C16H18N2O2/c1-13-7-12-20-15(13)16(19)18-10-8-17(9-11-18)14-5-3-2-4-6-14/h2-7,12H,8-11H2,1H3. The number of rotatable bonds is 2. The number of anilines is 1. The van der Waals surface area contributed by atoms with Gasteiger partial charge in [0.05, 0.1) is 6.26 Å². The van der Waals surface area contributed by atoms with Crippen LogP contribution in [0.2, 0.25) is 0 Å². The number of amides is 1. The summed E-state index contributed by atoms with van der Waals surface area (Å²) in [7, 11) is 0. The van der Waals surface area contributed by atoms with Crippen molar-refractivity contribution in [2.75, 3.05) is 31.1 Å². The molecule has 0 spiro atoms. The van der Waals surface area contributed by atoms with Crippen LogP contribution in [0, 0.1) is 6.92 Å². The molecule has 20 heavy (non-hydrogen) atoms. The van der Waals surface area contributed by atoms with E-state index < -0.39 is 0 Å². The van der Waals surface area contributed by atoms with Crippen LogP contribution < -0.4 is 4.90 Å². The van der Waals surface area contributed by atoms with Gasteiger partial charge in [0.1, 0.15) is 0 Å². The number of hydrogen-bond donors (Lipinski definition) is 0. The van der Waals surface area contributed by atoms with E-state index in [4.69, 9.17) is 4.42 Å². The van der Waals surface area contributed by atoms with Crippen molar-refractivity contribution in [3.8, 4) is 0 Å². The predicted octanol–water partition coefficient (Wildman–Crippen LogP) is 2.55. The molecule has 1 aliphatic rings. The van der Waals surface area contributed by atoms with Gasteiger partial charge in [-0.05, 0) is 25.1 Å². The number of aryl methyl sites for hydroxylation is 1. The van der Waals surface area contributed by atoms with Crippen LogP contribution in [0.4, 0.5) is 5.69 Å². The van der Waals surface area contributed by atoms with Crippen LogP contribution in [-0.2, 0) is 0 Å². The fourth-order valence-corrected chi connectivity index (χ4v) is 2.54. The first-order valence-electron chi connectivity index (χ1n) is 6.89. The molecule has 0 aliphatic carbocycles. The number of benzene rings is 1. The van der Waals surface area contributed by atoms with E-state index >= 15 is 0 Å². The molecule has 0 saturated carbocycles. The molecule has 1 amide bonds. The lowest BCUT2D eigenvalue weighted by atomic mass is 10.2. The van der Waals surface area contributed by atoms with Crippen LogP contribution in [0.1, 0.15) is 16.1 Å². The molecule has 2 aromatic rings. The van der Waals surface area contributed by atoms with Crippen molar-refractivity contribution in [2.24, 2.45) is 0 Å². The summed E-state index contributed by atoms with van der Waals surface area (Å²) in [6.07, 6.45) is 1.57. The molecule has 104 valence electrons. The van der Waals surface area contributed by atoms with Gasteiger partial charge in [0.2, 0.25) is 0 Å². The molecule has 0 bridgehead atoms. The van der Waals surface area contributed by atoms with Crippen LogP contribution >= 0.6 is 0 Å². The Kier molecular flexibility index (Phi) is 3.46. The summed E-state index contributed by atoms with van der Waals surface area (Å²) in [5.41, 5.74) is 2.12. The molecule has 1 aromatic heterocycles. The smallest absolute Gasteiger partial charge is 0.289 e. The molecular formula is C16H18N2O2. The second kappa shape index (κ2) is 5.41. The molecule has 1 saturated heterocycles. The number of hydrogen-bond acceptors (Lipinski definition) is 3. The fraction of sp³-hybridized carbons (Fsp3) is 0.312. The zero-order valence-corrected chi connectivity index (χ0v) is 11.6. The quantitative estimate of drug-likeness (QED) is 0.841. The first kappa shape index (κ1) is 12.8. The number of furan rings is 1. The average Bonchev–Trinajstić information content (AvgIpc) is 2.94. The molecule has 0 N–H and O–H groups in total. The Morgan fingerprint density at radius 1 is 1.05 bits per heavy atom. The zero-order chi connectivity index (χ0) is 13.9. The van der Waals surface area contributed by atoms with Crippen LogP contribution in [0.5, 0.6) is 0 Å². The van der Waals surface area contributed by atoms with Crippen molar-refractivity contribution in [1.29, 1.82) is 0 Å². The number of carbonyl (C=O) groups excluding carboxylic acids is 1. The minimum Gasteiger partial charge on any atom is -0.459 e. The van der Waals surface area contributed by atoms with Gasteiger partial charge in [-0.25, -0.2) is 0 Å². The minimum absolute atomic E-state index is 0.000196. The van der Waals surface area contributed by atoms with E-state index in [-0.39, 0.29) is 5.91 Å². The molecule has 3 rings (SSSR count). The summed E-state index contributed by atoms with van der Waals surface area (Å²) in [6, 6.07) is 12.1. The van der Waals surface area contributed by atoms with Gasteiger partial charge in [0, 0.05) is 37.4 Å². The lowest BCUT2D eigenvalue weighted by Gasteiger charge is -2.35. The highest BCUT2D eigenvalue weighted by Gasteiger charge is 2.24. The maximum absolute atomic E-state index is 12.3. The molecule has 1 aromatic carbocycles. The van der Waals surface area contributed by atoms with E-state index in [0.717, 1.165) is 31.7 Å². The van der Waals surface area contributed by atoms with Crippen LogP contribution in [0.25, 0.3) is 0 Å². The Morgan fingerprint density at radius 2 is 1.75 bits per heavy atom. The summed E-state index contributed by atoms with van der Waals surface area (Å²) in [5.74, 6) is 0.471. The highest BCUT2D eigenvalue weighted by Crippen LogP contribution is 2.18. The largest absolute Gasteiger partial charge is 0.459 e. The van der Waals surface area contributed by atoms with E-state index in [9.17, 15) is 4.79 Å². The van der Waals surface area contributed by atoms with Crippen LogP contribution in [0.3, 0.4) is 0 Å². The zero-order valence-electron chi connectivity index (χ0n) is 11.6. The summed E-state index contributed by atoms with van der Waals surface area (Å²) in [6.45, 7) is 5.07. The van der Waals surface area contributed by atoms with E-state index in [1.165, 1.54) is 5.69 Å². The van der Waals surface area contributed by atoms with Gasteiger partial charge >= 0.3 is 0 Å². The number of nitrogens with zero attached hydrogens (tertiary/aromatic N) is 2. The molecule has 4 nitrogen and oxygen atoms in total. The summed E-state index contributed by atoms with van der Waals surface area (Å²) >= 11 is 0. The van der Waals surface area contributed by atoms with Crippen molar-refractivity contribution in [1.82, 2.24) is 4.90 Å². The molecule has 4 heteroatoms. The van der Waals surface area contributed by atoms with Crippen LogP contribution in [0.15, 0.2) is 47.1 Å². The third-order valence-corrected chi connectivity index (χ3v) is 3.74. The SMILES string of the molecule is Cc1ccoc1C(=O)N1CCN(c2ccccc2)CC1. The summed E-state index contributed by atoms with van der Waals surface area (Å²) < 4.78 is 5.29. The summed E-state index contributed by atoms with van der Waals surface area (Å²) in [5, 5.41) is 0. The molecule has 0 atom stereocenters. The second-order valence-electron chi connectivity index (χ2n) is 5.05. The topological polar surface area (TPSA) is 36.7 Å². The average molecular weight is 270 g/mol. The molecule has 1 fully saturated rings. The van der Waals surface area contributed by atoms with Crippen molar-refractivity contribution < 1.29 is 9.21 Å². The Hall–Kier alpha value is -2.23. The van der Waals surface area contributed by atoms with Crippen molar-refractivity contribution in [2.45, 2.75) is 6.92 Å². The van der Waals surface area contributed by atoms with Gasteiger partial charge in [0.15, 0.2) is 5.76 Å². The molecule has 1 aliphatic heterocycles. The first-order valence-corrected chi connectivity index (χ1v) is 6.89. The Balaban J connectivity index is 1.64. The van der Waals surface area contributed by atoms with E-state index in [2.05, 4.69) is 17.0 Å². The van der Waals surface area contributed by atoms with Crippen LogP contribution in [-0.4, -0.2) is 37.0 Å². The van der Waals surface area contributed by atoms with Gasteiger partial charge in [-0.2, -0.15) is 0 Å². The van der Waals surface area contributed by atoms with Gasteiger partial charge in [0.25, 0.3) is 5.91 Å². The number of carbonyl (C=O) groups is 1. The van der Waals surface area contributed by atoms with E-state index in [1.54, 1.807) is 6.26 Å². The lowest BCUT2D eigenvalue weighted by Crippen LogP contribution is -2.48. The maximum atomic E-state index is 12.3. The highest BCUT2D eigenvalue weighted by atomic mass is 16.3. The third-order valence-electron chi connectivity index (χ3n) is 3.74. The first-order chi connectivity index (χ1) is 9.75. The van der Waals surface area contributed by atoms with E-state index in [0.29, 0.717) is 5.76 Å². The Labute approximate surface area is 118 Å². The van der Waals surface area contributed by atoms with E-state index in [1.807, 2.05) is 36.1 Å². The molecule has 2 heterocycles. The monoisotopic (exact) mass is 270 g/mol. The normalized spacial score (nSPS) is 15.4. The minimum atomic E-state index is 0.000196. The maximum Gasteiger partial charge on any atom is 0.289 e. The Bertz CT molecular complexity index is 584. The van der Waals surface area contributed by atoms with Gasteiger partial charge < -0.3 is 14.2 Å². The third kappa shape index (κ3) is 2.41.